The molecule has 5 heteroatoms. The molecule has 0 N–H and O–H groups in total. The van der Waals surface area contributed by atoms with Crippen LogP contribution < -0.4 is 0 Å². The zero-order valence-electron chi connectivity index (χ0n) is 18.0. The summed E-state index contributed by atoms with van der Waals surface area (Å²) in [6.07, 6.45) is -4.59. The topological polar surface area (TPSA) is 25.8 Å². The second-order valence-electron chi connectivity index (χ2n) is 9.13. The van der Waals surface area contributed by atoms with Gasteiger partial charge in [0.25, 0.3) is 0 Å². The quantitative estimate of drug-likeness (QED) is 0.252. The van der Waals surface area contributed by atoms with Crippen molar-refractivity contribution in [1.29, 1.82) is 0 Å². The van der Waals surface area contributed by atoms with Crippen LogP contribution in [0.5, 0.6) is 0 Å². The zero-order valence-corrected chi connectivity index (χ0v) is 18.0. The third kappa shape index (κ3) is 3.38. The van der Waals surface area contributed by atoms with Gasteiger partial charge in [0.2, 0.25) is 0 Å². The van der Waals surface area contributed by atoms with Crippen LogP contribution in [-0.4, -0.2) is 10.2 Å². The molecule has 4 aromatic carbocycles. The largest absolute Gasteiger partial charge is 0.435 e. The first-order chi connectivity index (χ1) is 15.1. The van der Waals surface area contributed by atoms with Crippen LogP contribution in [0, 0.1) is 0 Å². The Labute approximate surface area is 183 Å². The van der Waals surface area contributed by atoms with Gasteiger partial charge in [-0.2, -0.15) is 13.2 Å². The highest BCUT2D eigenvalue weighted by Gasteiger charge is 2.36. The van der Waals surface area contributed by atoms with Crippen LogP contribution in [0.25, 0.3) is 43.6 Å². The molecule has 0 spiro atoms. The van der Waals surface area contributed by atoms with Gasteiger partial charge in [-0.3, -0.25) is 0 Å². The van der Waals surface area contributed by atoms with Gasteiger partial charge in [0.15, 0.2) is 5.69 Å². The van der Waals surface area contributed by atoms with Crippen LogP contribution in [0.15, 0.2) is 72.8 Å². The molecule has 0 amide bonds. The van der Waals surface area contributed by atoms with E-state index in [9.17, 15) is 13.2 Å². The van der Waals surface area contributed by atoms with Gasteiger partial charge in [-0.25, -0.2) is 0 Å². The Kier molecular flexibility index (Phi) is 4.48. The summed E-state index contributed by atoms with van der Waals surface area (Å²) in [5, 5.41) is 12.0. The van der Waals surface area contributed by atoms with Gasteiger partial charge < -0.3 is 0 Å². The summed E-state index contributed by atoms with van der Waals surface area (Å²) in [7, 11) is 0. The van der Waals surface area contributed by atoms with Crippen LogP contribution in [0.4, 0.5) is 13.2 Å². The van der Waals surface area contributed by atoms with Crippen molar-refractivity contribution in [3.8, 4) is 11.3 Å². The molecule has 0 bridgehead atoms. The van der Waals surface area contributed by atoms with Crippen molar-refractivity contribution in [3.63, 3.8) is 0 Å². The average Bonchev–Trinajstić information content (AvgIpc) is 2.74. The molecule has 0 atom stereocenters. The van der Waals surface area contributed by atoms with Crippen LogP contribution in [-0.2, 0) is 11.6 Å². The fraction of sp³-hybridized carbons (Fsp3) is 0.185. The Bertz CT molecular complexity index is 1490. The summed E-state index contributed by atoms with van der Waals surface area (Å²) in [5.41, 5.74) is 1.21. The third-order valence-corrected chi connectivity index (χ3v) is 5.86. The molecule has 0 saturated heterocycles. The molecule has 2 nitrogen and oxygen atoms in total. The smallest absolute Gasteiger partial charge is 0.164 e. The summed E-state index contributed by atoms with van der Waals surface area (Å²) in [6.45, 7) is 6.38. The number of fused-ring (bicyclic) bond motifs is 3. The number of hydrogen-bond donors (Lipinski definition) is 0. The minimum absolute atomic E-state index is 0.0617. The lowest BCUT2D eigenvalue weighted by atomic mass is 9.82. The summed E-state index contributed by atoms with van der Waals surface area (Å²) in [4.78, 5) is 0. The Morgan fingerprint density at radius 1 is 0.625 bits per heavy atom. The monoisotopic (exact) mass is 430 g/mol. The summed E-state index contributed by atoms with van der Waals surface area (Å²) in [5.74, 6) is 0. The SMILES string of the molecule is CC(C)(C)c1cc(-c2nnc(C(F)(F)F)c3cc4ccccc4cc23)cc2ccccc12. The van der Waals surface area contributed by atoms with Crippen molar-refractivity contribution in [2.24, 2.45) is 0 Å². The van der Waals surface area contributed by atoms with E-state index in [2.05, 4.69) is 37.0 Å². The predicted octanol–water partition coefficient (Wildman–Crippen LogP) is 7.92. The van der Waals surface area contributed by atoms with Gasteiger partial charge in [0, 0.05) is 16.3 Å². The van der Waals surface area contributed by atoms with Gasteiger partial charge >= 0.3 is 6.18 Å². The first-order valence-electron chi connectivity index (χ1n) is 10.4. The van der Waals surface area contributed by atoms with E-state index in [1.807, 2.05) is 54.6 Å². The van der Waals surface area contributed by atoms with E-state index in [0.29, 0.717) is 11.1 Å². The van der Waals surface area contributed by atoms with Crippen LogP contribution in [0.2, 0.25) is 0 Å². The lowest BCUT2D eigenvalue weighted by molar-refractivity contribution is -0.140. The molecule has 0 aliphatic carbocycles. The molecular weight excluding hydrogens is 409 g/mol. The van der Waals surface area contributed by atoms with Gasteiger partial charge in [-0.1, -0.05) is 69.3 Å². The molecule has 5 rings (SSSR count). The Balaban J connectivity index is 1.89. The minimum atomic E-state index is -4.59. The molecule has 5 aromatic rings. The number of benzene rings is 4. The fourth-order valence-electron chi connectivity index (χ4n) is 4.33. The van der Waals surface area contributed by atoms with E-state index >= 15 is 0 Å². The maximum absolute atomic E-state index is 13.8. The van der Waals surface area contributed by atoms with E-state index in [4.69, 9.17) is 0 Å². The number of aromatic nitrogens is 2. The molecule has 0 aliphatic heterocycles. The van der Waals surface area contributed by atoms with Gasteiger partial charge in [-0.05, 0) is 56.8 Å². The third-order valence-electron chi connectivity index (χ3n) is 5.86. The Hall–Kier alpha value is -3.47. The standard InChI is InChI=1S/C27H21F3N2/c1-26(2,3)23-15-19(12-18-10-6-7-11-20(18)23)24-21-13-16-8-4-5-9-17(16)14-22(21)25(32-31-24)27(28,29)30/h4-15H,1-3H3. The second kappa shape index (κ2) is 7.02. The van der Waals surface area contributed by atoms with Crippen molar-refractivity contribution < 1.29 is 13.2 Å². The number of nitrogens with zero attached hydrogens (tertiary/aromatic N) is 2. The van der Waals surface area contributed by atoms with E-state index in [0.717, 1.165) is 32.7 Å². The van der Waals surface area contributed by atoms with Crippen molar-refractivity contribution in [1.82, 2.24) is 10.2 Å². The molecule has 0 radical (unpaired) electrons. The maximum Gasteiger partial charge on any atom is 0.435 e. The van der Waals surface area contributed by atoms with Crippen molar-refractivity contribution in [3.05, 3.63) is 84.1 Å². The highest BCUT2D eigenvalue weighted by Crippen LogP contribution is 2.40. The number of hydrogen-bond acceptors (Lipinski definition) is 2. The predicted molar refractivity (Wildman–Crippen MR) is 124 cm³/mol. The molecule has 0 aliphatic rings. The van der Waals surface area contributed by atoms with Crippen LogP contribution in [0.1, 0.15) is 32.0 Å². The average molecular weight is 430 g/mol. The lowest BCUT2D eigenvalue weighted by Crippen LogP contribution is -2.13. The van der Waals surface area contributed by atoms with Crippen LogP contribution in [0.3, 0.4) is 0 Å². The summed E-state index contributed by atoms with van der Waals surface area (Å²) >= 11 is 0. The number of alkyl halides is 3. The zero-order chi connectivity index (χ0) is 22.7. The fourth-order valence-corrected chi connectivity index (χ4v) is 4.33. The highest BCUT2D eigenvalue weighted by molar-refractivity contribution is 6.05. The molecular formula is C27H21F3N2. The van der Waals surface area contributed by atoms with Crippen molar-refractivity contribution in [2.75, 3.05) is 0 Å². The normalized spacial score (nSPS) is 12.7. The van der Waals surface area contributed by atoms with Gasteiger partial charge in [0.05, 0.1) is 0 Å². The molecule has 1 heterocycles. The molecule has 0 unspecified atom stereocenters. The lowest BCUT2D eigenvalue weighted by Gasteiger charge is -2.23. The van der Waals surface area contributed by atoms with E-state index < -0.39 is 11.9 Å². The molecule has 32 heavy (non-hydrogen) atoms. The van der Waals surface area contributed by atoms with E-state index in [-0.39, 0.29) is 10.8 Å². The number of halogens is 3. The first-order valence-corrected chi connectivity index (χ1v) is 10.4. The van der Waals surface area contributed by atoms with Gasteiger partial charge in [0.1, 0.15) is 5.69 Å². The number of rotatable bonds is 1. The summed E-state index contributed by atoms with van der Waals surface area (Å²) in [6, 6.07) is 22.8. The second-order valence-corrected chi connectivity index (χ2v) is 9.13. The first kappa shape index (κ1) is 20.4. The molecule has 160 valence electrons. The maximum atomic E-state index is 13.8. The molecule has 0 fully saturated rings. The summed E-state index contributed by atoms with van der Waals surface area (Å²) < 4.78 is 41.3. The molecule has 1 aromatic heterocycles. The van der Waals surface area contributed by atoms with E-state index in [1.165, 1.54) is 0 Å². The Morgan fingerprint density at radius 3 is 1.84 bits per heavy atom. The van der Waals surface area contributed by atoms with Crippen molar-refractivity contribution >= 4 is 32.3 Å². The molecule has 0 saturated carbocycles. The highest BCUT2D eigenvalue weighted by atomic mass is 19.4. The van der Waals surface area contributed by atoms with E-state index in [1.54, 1.807) is 12.1 Å². The van der Waals surface area contributed by atoms with Crippen LogP contribution >= 0.6 is 0 Å². The van der Waals surface area contributed by atoms with Gasteiger partial charge in [-0.15, -0.1) is 10.2 Å². The Morgan fingerprint density at radius 2 is 1.22 bits per heavy atom. The minimum Gasteiger partial charge on any atom is -0.164 e. The van der Waals surface area contributed by atoms with Crippen molar-refractivity contribution in [2.45, 2.75) is 32.4 Å².